The van der Waals surface area contributed by atoms with Crippen LogP contribution in [-0.4, -0.2) is 0 Å². The van der Waals surface area contributed by atoms with E-state index in [9.17, 15) is 0 Å². The summed E-state index contributed by atoms with van der Waals surface area (Å²) in [6, 6.07) is 53.2. The Bertz CT molecular complexity index is 2270. The molecule has 278 valence electrons. The average Bonchev–Trinajstić information content (AvgIpc) is 3.17. The molecule has 0 atom stereocenters. The maximum atomic E-state index is 2.38. The van der Waals surface area contributed by atoms with Crippen LogP contribution in [-0.2, 0) is 0 Å². The number of nitrogens with zero attached hydrogens (tertiary/aromatic N) is 2. The van der Waals surface area contributed by atoms with Crippen molar-refractivity contribution in [1.29, 1.82) is 0 Å². The lowest BCUT2D eigenvalue weighted by molar-refractivity contribution is 1.21. The van der Waals surface area contributed by atoms with Crippen molar-refractivity contribution in [2.24, 2.45) is 0 Å². The van der Waals surface area contributed by atoms with Crippen LogP contribution in [0.5, 0.6) is 0 Å². The van der Waals surface area contributed by atoms with Crippen LogP contribution in [0.4, 0.5) is 34.1 Å². The van der Waals surface area contributed by atoms with E-state index in [0.717, 1.165) is 33.6 Å². The maximum Gasteiger partial charge on any atom is 0.0491 e. The zero-order valence-electron chi connectivity index (χ0n) is 34.1. The summed E-state index contributed by atoms with van der Waals surface area (Å²) < 4.78 is 0. The summed E-state index contributed by atoms with van der Waals surface area (Å²) in [5, 5.41) is 0. The number of anilines is 6. The third kappa shape index (κ3) is 8.61. The van der Waals surface area contributed by atoms with Crippen molar-refractivity contribution in [3.05, 3.63) is 212 Å². The van der Waals surface area contributed by atoms with Crippen LogP contribution in [0.1, 0.15) is 66.8 Å². The molecule has 0 fully saturated rings. The topological polar surface area (TPSA) is 6.48 Å². The first-order chi connectivity index (χ1) is 27.0. The summed E-state index contributed by atoms with van der Waals surface area (Å²) in [6.07, 6.45) is 8.78. The molecule has 0 aliphatic heterocycles. The molecule has 56 heavy (non-hydrogen) atoms. The molecular weight excluding hydrogens is 677 g/mol. The quantitative estimate of drug-likeness (QED) is 0.129. The van der Waals surface area contributed by atoms with Crippen molar-refractivity contribution >= 4 is 58.4 Å². The first-order valence-corrected chi connectivity index (χ1v) is 19.6. The first-order valence-electron chi connectivity index (χ1n) is 19.6. The molecule has 0 heterocycles. The van der Waals surface area contributed by atoms with E-state index in [4.69, 9.17) is 0 Å². The molecule has 0 aromatic heterocycles. The molecule has 2 heteroatoms. The maximum absolute atomic E-state index is 2.38. The lowest BCUT2D eigenvalue weighted by Gasteiger charge is -2.29. The van der Waals surface area contributed by atoms with Gasteiger partial charge in [-0.25, -0.2) is 0 Å². The third-order valence-corrected chi connectivity index (χ3v) is 10.5. The van der Waals surface area contributed by atoms with Gasteiger partial charge in [0.15, 0.2) is 0 Å². The standard InChI is InChI=1S/C54H52N2/c1-37-12-28-51(41(5)32-37)55(52-29-13-38(2)33-42(52)6)49-24-20-45(21-25-49)16-18-47-10-9-11-48(36-47)19-17-46-22-26-50(27-23-46)56(53-30-14-39(3)34-43(53)7)54-31-15-40(4)35-44(54)8/h9-36H,1-8H3/b18-16+,19-17+. The van der Waals surface area contributed by atoms with Crippen molar-refractivity contribution in [3.8, 4) is 0 Å². The van der Waals surface area contributed by atoms with Crippen molar-refractivity contribution in [2.75, 3.05) is 9.80 Å². The fraction of sp³-hybridized carbons (Fsp3) is 0.148. The Kier molecular flexibility index (Phi) is 11.2. The number of rotatable bonds is 10. The second kappa shape index (κ2) is 16.6. The van der Waals surface area contributed by atoms with Crippen LogP contribution < -0.4 is 9.80 Å². The molecule has 0 aliphatic carbocycles. The molecule has 2 nitrogen and oxygen atoms in total. The van der Waals surface area contributed by atoms with Gasteiger partial charge in [-0.05, 0) is 154 Å². The number of benzene rings is 7. The van der Waals surface area contributed by atoms with Gasteiger partial charge in [-0.1, -0.05) is 138 Å². The fourth-order valence-corrected chi connectivity index (χ4v) is 7.66. The van der Waals surface area contributed by atoms with Crippen molar-refractivity contribution in [3.63, 3.8) is 0 Å². The first kappa shape index (κ1) is 37.9. The van der Waals surface area contributed by atoms with Gasteiger partial charge in [0.1, 0.15) is 0 Å². The van der Waals surface area contributed by atoms with Gasteiger partial charge in [0.05, 0.1) is 0 Å². The van der Waals surface area contributed by atoms with Crippen molar-refractivity contribution in [1.82, 2.24) is 0 Å². The Balaban J connectivity index is 1.09. The zero-order valence-corrected chi connectivity index (χ0v) is 34.1. The van der Waals surface area contributed by atoms with Crippen LogP contribution >= 0.6 is 0 Å². The fourth-order valence-electron chi connectivity index (χ4n) is 7.66. The molecule has 0 radical (unpaired) electrons. The Morgan fingerprint density at radius 2 is 0.571 bits per heavy atom. The highest BCUT2D eigenvalue weighted by Crippen LogP contribution is 2.40. The van der Waals surface area contributed by atoms with Gasteiger partial charge in [-0.15, -0.1) is 0 Å². The number of hydrogen-bond donors (Lipinski definition) is 0. The van der Waals surface area contributed by atoms with E-state index in [2.05, 4.69) is 235 Å². The molecule has 0 amide bonds. The number of hydrogen-bond acceptors (Lipinski definition) is 2. The Hall–Kier alpha value is -6.38. The Morgan fingerprint density at radius 1 is 0.286 bits per heavy atom. The minimum atomic E-state index is 1.14. The Morgan fingerprint density at radius 3 is 0.857 bits per heavy atom. The molecule has 0 N–H and O–H groups in total. The number of aryl methyl sites for hydroxylation is 8. The van der Waals surface area contributed by atoms with Gasteiger partial charge in [0.25, 0.3) is 0 Å². The van der Waals surface area contributed by atoms with Gasteiger partial charge in [0, 0.05) is 34.1 Å². The molecule has 7 aromatic rings. The SMILES string of the molecule is Cc1ccc(N(c2ccc(/C=C/c3cccc(/C=C/c4ccc(N(c5ccc(C)cc5C)c5ccc(C)cc5C)cc4)c3)cc2)c2ccc(C)cc2C)c(C)c1. The molecule has 7 aromatic carbocycles. The van der Waals surface area contributed by atoms with Gasteiger partial charge in [-0.2, -0.15) is 0 Å². The predicted molar refractivity (Wildman–Crippen MR) is 244 cm³/mol. The van der Waals surface area contributed by atoms with Gasteiger partial charge >= 0.3 is 0 Å². The molecule has 0 unspecified atom stereocenters. The largest absolute Gasteiger partial charge is 0.310 e. The Labute approximate surface area is 334 Å². The highest BCUT2D eigenvalue weighted by atomic mass is 15.2. The van der Waals surface area contributed by atoms with E-state index in [1.807, 2.05) is 0 Å². The molecule has 7 rings (SSSR count). The van der Waals surface area contributed by atoms with Crippen molar-refractivity contribution < 1.29 is 0 Å². The predicted octanol–water partition coefficient (Wildman–Crippen LogP) is 15.4. The van der Waals surface area contributed by atoms with Gasteiger partial charge in [-0.3, -0.25) is 0 Å². The van der Waals surface area contributed by atoms with E-state index in [-0.39, 0.29) is 0 Å². The molecule has 0 bridgehead atoms. The van der Waals surface area contributed by atoms with E-state index in [1.165, 1.54) is 67.3 Å². The molecule has 0 saturated heterocycles. The summed E-state index contributed by atoms with van der Waals surface area (Å²) >= 11 is 0. The van der Waals surface area contributed by atoms with E-state index in [1.54, 1.807) is 0 Å². The third-order valence-electron chi connectivity index (χ3n) is 10.5. The second-order valence-corrected chi connectivity index (χ2v) is 15.4. The second-order valence-electron chi connectivity index (χ2n) is 15.4. The van der Waals surface area contributed by atoms with Crippen LogP contribution in [0.15, 0.2) is 146 Å². The lowest BCUT2D eigenvalue weighted by atomic mass is 10.0. The smallest absolute Gasteiger partial charge is 0.0491 e. The average molecular weight is 729 g/mol. The van der Waals surface area contributed by atoms with Crippen LogP contribution in [0.2, 0.25) is 0 Å². The van der Waals surface area contributed by atoms with E-state index in [0.29, 0.717) is 0 Å². The van der Waals surface area contributed by atoms with Crippen LogP contribution in [0.25, 0.3) is 24.3 Å². The lowest BCUT2D eigenvalue weighted by Crippen LogP contribution is -2.12. The highest BCUT2D eigenvalue weighted by Gasteiger charge is 2.18. The highest BCUT2D eigenvalue weighted by molar-refractivity contribution is 5.83. The summed E-state index contributed by atoms with van der Waals surface area (Å²) in [4.78, 5) is 4.76. The van der Waals surface area contributed by atoms with E-state index >= 15 is 0 Å². The minimum Gasteiger partial charge on any atom is -0.310 e. The molecule has 0 saturated carbocycles. The summed E-state index contributed by atoms with van der Waals surface area (Å²) in [5.41, 5.74) is 21.8. The van der Waals surface area contributed by atoms with Crippen LogP contribution in [0.3, 0.4) is 0 Å². The van der Waals surface area contributed by atoms with E-state index < -0.39 is 0 Å². The molecule has 0 aliphatic rings. The zero-order chi connectivity index (χ0) is 39.3. The van der Waals surface area contributed by atoms with Crippen LogP contribution in [0, 0.1) is 55.4 Å². The van der Waals surface area contributed by atoms with Gasteiger partial charge < -0.3 is 9.80 Å². The summed E-state index contributed by atoms with van der Waals surface area (Å²) in [5.74, 6) is 0. The molecule has 0 spiro atoms. The van der Waals surface area contributed by atoms with Gasteiger partial charge in [0.2, 0.25) is 0 Å². The van der Waals surface area contributed by atoms with Crippen molar-refractivity contribution in [2.45, 2.75) is 55.4 Å². The normalized spacial score (nSPS) is 11.4. The summed E-state index contributed by atoms with van der Waals surface area (Å²) in [6.45, 7) is 17.4. The monoisotopic (exact) mass is 728 g/mol. The molecular formula is C54H52N2. The minimum absolute atomic E-state index is 1.14. The summed E-state index contributed by atoms with van der Waals surface area (Å²) in [7, 11) is 0.